The highest BCUT2D eigenvalue weighted by atomic mass is 35.5. The number of nitrogens with two attached hydrogens (primary N) is 1. The van der Waals surface area contributed by atoms with Gasteiger partial charge in [0.2, 0.25) is 5.91 Å². The van der Waals surface area contributed by atoms with E-state index in [0.717, 1.165) is 17.7 Å². The Labute approximate surface area is 151 Å². The third kappa shape index (κ3) is 3.62. The number of rotatable bonds is 5. The third-order valence-corrected chi connectivity index (χ3v) is 4.97. The van der Waals surface area contributed by atoms with Gasteiger partial charge in [0, 0.05) is 30.6 Å². The topological polar surface area (TPSA) is 95.7 Å². The second kappa shape index (κ2) is 7.41. The number of likely N-dealkylation sites (tertiary alicyclic amines) is 1. The van der Waals surface area contributed by atoms with E-state index in [2.05, 4.69) is 5.32 Å². The van der Waals surface area contributed by atoms with Crippen LogP contribution in [-0.2, 0) is 9.59 Å². The highest BCUT2D eigenvalue weighted by Crippen LogP contribution is 2.24. The van der Waals surface area contributed by atoms with Crippen LogP contribution in [0.3, 0.4) is 0 Å². The summed E-state index contributed by atoms with van der Waals surface area (Å²) in [5, 5.41) is 3.17. The van der Waals surface area contributed by atoms with Crippen LogP contribution in [-0.4, -0.2) is 47.9 Å². The molecule has 1 aromatic carbocycles. The van der Waals surface area contributed by atoms with Crippen LogP contribution in [0.15, 0.2) is 24.3 Å². The lowest BCUT2D eigenvalue weighted by atomic mass is 10.1. The molecule has 2 aliphatic rings. The van der Waals surface area contributed by atoms with Gasteiger partial charge < -0.3 is 16.0 Å². The fraction of sp³-hybridized carbons (Fsp3) is 0.471. The number of benzene rings is 1. The summed E-state index contributed by atoms with van der Waals surface area (Å²) in [6, 6.07) is 5.39. The predicted molar refractivity (Wildman–Crippen MR) is 94.3 cm³/mol. The zero-order valence-electron chi connectivity index (χ0n) is 13.8. The Balaban J connectivity index is 1.61. The second-order valence-corrected chi connectivity index (χ2v) is 6.75. The monoisotopic (exact) mass is 364 g/mol. The number of carbonyl (C=O) groups excluding carboxylic acids is 3. The number of carbonyl (C=O) groups is 3. The fourth-order valence-electron chi connectivity index (χ4n) is 3.38. The maximum atomic E-state index is 12.5. The molecule has 8 heteroatoms. The molecule has 1 aromatic rings. The van der Waals surface area contributed by atoms with Crippen LogP contribution in [0.2, 0.25) is 5.02 Å². The highest BCUT2D eigenvalue weighted by molar-refractivity contribution is 6.30. The first-order valence-electron chi connectivity index (χ1n) is 8.41. The van der Waals surface area contributed by atoms with Gasteiger partial charge in [0.05, 0.1) is 5.69 Å². The van der Waals surface area contributed by atoms with E-state index in [4.69, 9.17) is 17.3 Å². The van der Waals surface area contributed by atoms with Crippen molar-refractivity contribution in [1.82, 2.24) is 10.2 Å². The minimum atomic E-state index is -0.689. The van der Waals surface area contributed by atoms with Crippen molar-refractivity contribution < 1.29 is 14.4 Å². The van der Waals surface area contributed by atoms with E-state index in [1.54, 1.807) is 29.2 Å². The number of urea groups is 1. The van der Waals surface area contributed by atoms with Gasteiger partial charge in [-0.3, -0.25) is 9.59 Å². The third-order valence-electron chi connectivity index (χ3n) is 4.72. The van der Waals surface area contributed by atoms with Crippen molar-refractivity contribution in [2.24, 2.45) is 5.73 Å². The number of nitrogens with zero attached hydrogens (tertiary/aromatic N) is 2. The SMILES string of the molecule is NC[C@H]1CCCN1C(=O)CC[C@H]1NC(=O)N(c2ccc(Cl)cc2)C1=O. The van der Waals surface area contributed by atoms with Crippen molar-refractivity contribution in [3.05, 3.63) is 29.3 Å². The molecule has 7 nitrogen and oxygen atoms in total. The molecule has 0 unspecified atom stereocenters. The first kappa shape index (κ1) is 17.7. The van der Waals surface area contributed by atoms with Crippen molar-refractivity contribution >= 4 is 35.1 Å². The number of hydrogen-bond donors (Lipinski definition) is 2. The summed E-state index contributed by atoms with van der Waals surface area (Å²) < 4.78 is 0. The van der Waals surface area contributed by atoms with Gasteiger partial charge >= 0.3 is 6.03 Å². The van der Waals surface area contributed by atoms with Crippen molar-refractivity contribution in [2.45, 2.75) is 37.8 Å². The normalized spacial score (nSPS) is 23.3. The second-order valence-electron chi connectivity index (χ2n) is 6.31. The summed E-state index contributed by atoms with van der Waals surface area (Å²) in [5.74, 6) is -0.364. The number of anilines is 1. The molecule has 4 amide bonds. The molecule has 0 radical (unpaired) electrons. The zero-order valence-corrected chi connectivity index (χ0v) is 14.5. The average Bonchev–Trinajstić information content (AvgIpc) is 3.18. The first-order valence-corrected chi connectivity index (χ1v) is 8.78. The summed E-state index contributed by atoms with van der Waals surface area (Å²) in [5.41, 5.74) is 6.15. The molecule has 134 valence electrons. The molecule has 2 heterocycles. The van der Waals surface area contributed by atoms with E-state index in [-0.39, 0.29) is 30.7 Å². The molecule has 0 spiro atoms. The summed E-state index contributed by atoms with van der Waals surface area (Å²) in [6.07, 6.45) is 2.37. The van der Waals surface area contributed by atoms with Gasteiger partial charge in [-0.2, -0.15) is 0 Å². The van der Waals surface area contributed by atoms with E-state index in [9.17, 15) is 14.4 Å². The number of imide groups is 1. The van der Waals surface area contributed by atoms with Crippen LogP contribution in [0.4, 0.5) is 10.5 Å². The Morgan fingerprint density at radius 2 is 2.00 bits per heavy atom. The van der Waals surface area contributed by atoms with Gasteiger partial charge in [0.25, 0.3) is 5.91 Å². The molecular weight excluding hydrogens is 344 g/mol. The van der Waals surface area contributed by atoms with Crippen LogP contribution in [0, 0.1) is 0 Å². The molecular formula is C17H21ClN4O3. The Kier molecular flexibility index (Phi) is 5.24. The van der Waals surface area contributed by atoms with Gasteiger partial charge in [0.15, 0.2) is 0 Å². The Hall–Kier alpha value is -2.12. The lowest BCUT2D eigenvalue weighted by Crippen LogP contribution is -2.40. The van der Waals surface area contributed by atoms with Gasteiger partial charge in [-0.1, -0.05) is 11.6 Å². The van der Waals surface area contributed by atoms with Crippen LogP contribution in [0.1, 0.15) is 25.7 Å². The number of halogens is 1. The Morgan fingerprint density at radius 3 is 2.68 bits per heavy atom. The molecule has 3 N–H and O–H groups in total. The van der Waals surface area contributed by atoms with Crippen LogP contribution in [0.25, 0.3) is 0 Å². The lowest BCUT2D eigenvalue weighted by Gasteiger charge is -2.23. The van der Waals surface area contributed by atoms with Crippen LogP contribution in [0.5, 0.6) is 0 Å². The fourth-order valence-corrected chi connectivity index (χ4v) is 3.51. The van der Waals surface area contributed by atoms with Crippen LogP contribution >= 0.6 is 11.6 Å². The van der Waals surface area contributed by atoms with E-state index < -0.39 is 12.1 Å². The summed E-state index contributed by atoms with van der Waals surface area (Å²) in [4.78, 5) is 39.9. The highest BCUT2D eigenvalue weighted by Gasteiger charge is 2.39. The largest absolute Gasteiger partial charge is 0.338 e. The van der Waals surface area contributed by atoms with E-state index >= 15 is 0 Å². The maximum Gasteiger partial charge on any atom is 0.329 e. The lowest BCUT2D eigenvalue weighted by molar-refractivity contribution is -0.132. The predicted octanol–water partition coefficient (Wildman–Crippen LogP) is 1.49. The minimum absolute atomic E-state index is 0.0139. The van der Waals surface area contributed by atoms with Gasteiger partial charge in [0.1, 0.15) is 6.04 Å². The average molecular weight is 365 g/mol. The van der Waals surface area contributed by atoms with E-state index in [0.29, 0.717) is 23.8 Å². The molecule has 0 aliphatic carbocycles. The van der Waals surface area contributed by atoms with Gasteiger partial charge in [-0.25, -0.2) is 9.69 Å². The standard InChI is InChI=1S/C17H21ClN4O3/c18-11-3-5-12(6-4-11)22-16(24)14(20-17(22)25)7-8-15(23)21-9-1-2-13(21)10-19/h3-6,13-14H,1-2,7-10,19H2,(H,20,25)/t13-,14-/m1/s1. The summed E-state index contributed by atoms with van der Waals surface area (Å²) in [6.45, 7) is 1.16. The zero-order chi connectivity index (χ0) is 18.0. The molecule has 0 aromatic heterocycles. The van der Waals surface area contributed by atoms with E-state index in [1.165, 1.54) is 0 Å². The van der Waals surface area contributed by atoms with Crippen molar-refractivity contribution in [1.29, 1.82) is 0 Å². The Morgan fingerprint density at radius 1 is 1.28 bits per heavy atom. The summed E-state index contributed by atoms with van der Waals surface area (Å²) >= 11 is 5.84. The molecule has 2 fully saturated rings. The minimum Gasteiger partial charge on any atom is -0.338 e. The molecule has 0 bridgehead atoms. The molecule has 3 rings (SSSR count). The van der Waals surface area contributed by atoms with Crippen molar-refractivity contribution in [3.63, 3.8) is 0 Å². The number of amides is 4. The van der Waals surface area contributed by atoms with Gasteiger partial charge in [-0.15, -0.1) is 0 Å². The molecule has 2 aliphatic heterocycles. The smallest absolute Gasteiger partial charge is 0.329 e. The molecule has 0 saturated carbocycles. The van der Waals surface area contributed by atoms with Crippen molar-refractivity contribution in [3.8, 4) is 0 Å². The van der Waals surface area contributed by atoms with E-state index in [1.807, 2.05) is 0 Å². The van der Waals surface area contributed by atoms with Gasteiger partial charge in [-0.05, 0) is 43.5 Å². The molecule has 2 saturated heterocycles. The quantitative estimate of drug-likeness (QED) is 0.774. The molecule has 2 atom stereocenters. The number of hydrogen-bond acceptors (Lipinski definition) is 4. The molecule has 25 heavy (non-hydrogen) atoms. The Bertz CT molecular complexity index is 679. The number of nitrogens with one attached hydrogen (secondary N) is 1. The first-order chi connectivity index (χ1) is 12.0. The maximum absolute atomic E-state index is 12.5. The van der Waals surface area contributed by atoms with Crippen molar-refractivity contribution in [2.75, 3.05) is 18.0 Å². The van der Waals surface area contributed by atoms with Crippen LogP contribution < -0.4 is 16.0 Å². The summed E-state index contributed by atoms with van der Waals surface area (Å²) in [7, 11) is 0.